The monoisotopic (exact) mass is 312 g/mol. The van der Waals surface area contributed by atoms with Gasteiger partial charge in [-0.1, -0.05) is 39.3 Å². The van der Waals surface area contributed by atoms with Crippen molar-refractivity contribution in [3.8, 4) is 0 Å². The van der Waals surface area contributed by atoms with Crippen molar-refractivity contribution in [2.45, 2.75) is 52.0 Å². The normalized spacial score (nSPS) is 11.5. The molecule has 0 aromatic carbocycles. The van der Waals surface area contributed by atoms with Gasteiger partial charge in [-0.05, 0) is 30.9 Å². The van der Waals surface area contributed by atoms with E-state index in [-0.39, 0.29) is 11.1 Å². The van der Waals surface area contributed by atoms with Crippen molar-refractivity contribution in [3.63, 3.8) is 0 Å². The fraction of sp³-hybridized carbons (Fsp3) is 0.533. The molecule has 0 saturated carbocycles. The Morgan fingerprint density at radius 2 is 1.90 bits per heavy atom. The van der Waals surface area contributed by atoms with Crippen molar-refractivity contribution >= 4 is 23.5 Å². The van der Waals surface area contributed by atoms with Crippen LogP contribution in [0.3, 0.4) is 0 Å². The number of carboxylic acid groups (broad SMARTS) is 1. The molecule has 0 saturated heterocycles. The molecule has 0 unspecified atom stereocenters. The molecule has 0 aliphatic rings. The predicted molar refractivity (Wildman–Crippen MR) is 81.8 cm³/mol. The summed E-state index contributed by atoms with van der Waals surface area (Å²) in [5.41, 5.74) is -0.238. The number of rotatable bonds is 6. The molecule has 1 aromatic rings. The van der Waals surface area contributed by atoms with E-state index in [1.807, 2.05) is 13.8 Å². The molecule has 1 heterocycles. The summed E-state index contributed by atoms with van der Waals surface area (Å²) in [6, 6.07) is 3.09. The van der Waals surface area contributed by atoms with Crippen LogP contribution in [0.1, 0.15) is 62.5 Å². The van der Waals surface area contributed by atoms with Gasteiger partial charge in [0, 0.05) is 11.3 Å². The Bertz CT molecular complexity index is 540. The lowest BCUT2D eigenvalue weighted by molar-refractivity contribution is -0.144. The average Bonchev–Trinajstić information content (AvgIpc) is 2.43. The molecule has 2 N–H and O–H groups in total. The largest absolute Gasteiger partial charge is 0.480 e. The third-order valence-electron chi connectivity index (χ3n) is 3.64. The van der Waals surface area contributed by atoms with E-state index in [2.05, 4.69) is 10.3 Å². The maximum Gasteiger partial charge on any atom is 0.329 e. The van der Waals surface area contributed by atoms with Gasteiger partial charge in [-0.2, -0.15) is 0 Å². The molecule has 21 heavy (non-hydrogen) atoms. The summed E-state index contributed by atoms with van der Waals surface area (Å²) >= 11 is 5.93. The van der Waals surface area contributed by atoms with Crippen molar-refractivity contribution in [2.24, 2.45) is 0 Å². The van der Waals surface area contributed by atoms with Crippen LogP contribution in [0.4, 0.5) is 0 Å². The van der Waals surface area contributed by atoms with Crippen LogP contribution in [-0.2, 0) is 4.79 Å². The topological polar surface area (TPSA) is 79.3 Å². The number of amides is 1. The van der Waals surface area contributed by atoms with E-state index in [4.69, 9.17) is 11.6 Å². The van der Waals surface area contributed by atoms with Crippen LogP contribution in [0.2, 0.25) is 5.15 Å². The zero-order valence-electron chi connectivity index (χ0n) is 12.7. The van der Waals surface area contributed by atoms with Crippen LogP contribution < -0.4 is 5.32 Å². The van der Waals surface area contributed by atoms with Gasteiger partial charge < -0.3 is 10.4 Å². The second-order valence-electron chi connectivity index (χ2n) is 5.31. The first-order valence-electron chi connectivity index (χ1n) is 6.99. The number of aromatic nitrogens is 1. The lowest BCUT2D eigenvalue weighted by Crippen LogP contribution is -2.53. The van der Waals surface area contributed by atoms with Gasteiger partial charge in [0.05, 0.1) is 0 Å². The molecular weight excluding hydrogens is 292 g/mol. The first-order chi connectivity index (χ1) is 9.75. The number of carboxylic acids is 1. The van der Waals surface area contributed by atoms with Crippen LogP contribution in [0.15, 0.2) is 12.1 Å². The standard InChI is InChI=1S/C15H21ClN2O3/c1-5-15(6-2,14(20)21)18-13(19)10-7-11(9(3)4)17-12(16)8-10/h7-9H,5-6H2,1-4H3,(H,18,19)(H,20,21). The van der Waals surface area contributed by atoms with Gasteiger partial charge in [-0.25, -0.2) is 9.78 Å². The summed E-state index contributed by atoms with van der Waals surface area (Å²) in [4.78, 5) is 27.9. The Morgan fingerprint density at radius 1 is 1.33 bits per heavy atom. The number of pyridine rings is 1. The maximum atomic E-state index is 12.3. The van der Waals surface area contributed by atoms with Gasteiger partial charge in [0.25, 0.3) is 5.91 Å². The van der Waals surface area contributed by atoms with Crippen molar-refractivity contribution < 1.29 is 14.7 Å². The fourth-order valence-electron chi connectivity index (χ4n) is 2.02. The minimum absolute atomic E-state index is 0.122. The number of hydrogen-bond donors (Lipinski definition) is 2. The molecule has 1 rings (SSSR count). The number of carbonyl (C=O) groups is 2. The second kappa shape index (κ2) is 6.89. The summed E-state index contributed by atoms with van der Waals surface area (Å²) < 4.78 is 0. The third kappa shape index (κ3) is 3.94. The van der Waals surface area contributed by atoms with E-state index in [0.29, 0.717) is 24.1 Å². The van der Waals surface area contributed by atoms with Gasteiger partial charge in [0.15, 0.2) is 0 Å². The van der Waals surface area contributed by atoms with E-state index >= 15 is 0 Å². The molecular formula is C15H21ClN2O3. The number of nitrogens with zero attached hydrogens (tertiary/aromatic N) is 1. The van der Waals surface area contributed by atoms with Gasteiger partial charge in [-0.3, -0.25) is 4.79 Å². The third-order valence-corrected chi connectivity index (χ3v) is 3.83. The summed E-state index contributed by atoms with van der Waals surface area (Å²) in [7, 11) is 0. The van der Waals surface area contributed by atoms with E-state index in [1.165, 1.54) is 6.07 Å². The van der Waals surface area contributed by atoms with Crippen molar-refractivity contribution in [1.29, 1.82) is 0 Å². The first-order valence-corrected chi connectivity index (χ1v) is 7.37. The molecule has 0 spiro atoms. The molecule has 0 bridgehead atoms. The number of nitrogens with one attached hydrogen (secondary N) is 1. The van der Waals surface area contributed by atoms with Crippen LogP contribution in [0.25, 0.3) is 0 Å². The van der Waals surface area contributed by atoms with Gasteiger partial charge in [-0.15, -0.1) is 0 Å². The van der Waals surface area contributed by atoms with Gasteiger partial charge in [0.2, 0.25) is 0 Å². The van der Waals surface area contributed by atoms with Crippen molar-refractivity contribution in [1.82, 2.24) is 10.3 Å². The quantitative estimate of drug-likeness (QED) is 0.790. The molecule has 1 aromatic heterocycles. The summed E-state index contributed by atoms with van der Waals surface area (Å²) in [6.07, 6.45) is 0.612. The number of halogens is 1. The predicted octanol–water partition coefficient (Wildman–Crippen LogP) is 3.23. The van der Waals surface area contributed by atoms with E-state index in [0.717, 1.165) is 0 Å². The van der Waals surface area contributed by atoms with Crippen LogP contribution in [0.5, 0.6) is 0 Å². The number of hydrogen-bond acceptors (Lipinski definition) is 3. The second-order valence-corrected chi connectivity index (χ2v) is 5.69. The Kier molecular flexibility index (Phi) is 5.72. The minimum Gasteiger partial charge on any atom is -0.480 e. The fourth-order valence-corrected chi connectivity index (χ4v) is 2.23. The smallest absolute Gasteiger partial charge is 0.329 e. The van der Waals surface area contributed by atoms with Crippen LogP contribution >= 0.6 is 11.6 Å². The summed E-state index contributed by atoms with van der Waals surface area (Å²) in [5, 5.41) is 12.2. The highest BCUT2D eigenvalue weighted by atomic mass is 35.5. The average molecular weight is 313 g/mol. The molecule has 0 radical (unpaired) electrons. The zero-order valence-corrected chi connectivity index (χ0v) is 13.5. The highest BCUT2D eigenvalue weighted by Gasteiger charge is 2.36. The number of aliphatic carboxylic acids is 1. The molecule has 0 fully saturated rings. The van der Waals surface area contributed by atoms with E-state index in [1.54, 1.807) is 19.9 Å². The van der Waals surface area contributed by atoms with Crippen LogP contribution in [0, 0.1) is 0 Å². The lowest BCUT2D eigenvalue weighted by atomic mass is 9.92. The van der Waals surface area contributed by atoms with Crippen LogP contribution in [-0.4, -0.2) is 27.5 Å². The Hall–Kier alpha value is -1.62. The molecule has 116 valence electrons. The maximum absolute atomic E-state index is 12.3. The molecule has 5 nitrogen and oxygen atoms in total. The molecule has 0 aliphatic heterocycles. The molecule has 0 aliphatic carbocycles. The summed E-state index contributed by atoms with van der Waals surface area (Å²) in [6.45, 7) is 7.36. The van der Waals surface area contributed by atoms with E-state index < -0.39 is 17.4 Å². The molecule has 1 amide bonds. The molecule has 6 heteroatoms. The Morgan fingerprint density at radius 3 is 2.33 bits per heavy atom. The van der Waals surface area contributed by atoms with Gasteiger partial charge >= 0.3 is 5.97 Å². The highest BCUT2D eigenvalue weighted by Crippen LogP contribution is 2.20. The number of carbonyl (C=O) groups excluding carboxylic acids is 1. The highest BCUT2D eigenvalue weighted by molar-refractivity contribution is 6.29. The van der Waals surface area contributed by atoms with Gasteiger partial charge in [0.1, 0.15) is 10.7 Å². The van der Waals surface area contributed by atoms with Crippen molar-refractivity contribution in [2.75, 3.05) is 0 Å². The minimum atomic E-state index is -1.26. The first kappa shape index (κ1) is 17.4. The SMILES string of the molecule is CCC(CC)(NC(=O)c1cc(Cl)nc(C(C)C)c1)C(=O)O. The van der Waals surface area contributed by atoms with Crippen molar-refractivity contribution in [3.05, 3.63) is 28.5 Å². The Labute approximate surface area is 129 Å². The Balaban J connectivity index is 3.11. The zero-order chi connectivity index (χ0) is 16.2. The lowest BCUT2D eigenvalue weighted by Gasteiger charge is -2.28. The summed E-state index contributed by atoms with van der Waals surface area (Å²) in [5.74, 6) is -1.37. The molecule has 0 atom stereocenters. The van der Waals surface area contributed by atoms with E-state index in [9.17, 15) is 14.7 Å².